The fourth-order valence-corrected chi connectivity index (χ4v) is 7.47. The first kappa shape index (κ1) is 74.4. The second kappa shape index (κ2) is 42.7. The highest BCUT2D eigenvalue weighted by Crippen LogP contribution is 2.21. The molecule has 0 aromatic heterocycles. The quantitative estimate of drug-likeness (QED) is 0.00906. The smallest absolute Gasteiger partial charge is 0.343 e. The topological polar surface area (TPSA) is 272 Å². The van der Waals surface area contributed by atoms with Gasteiger partial charge in [0, 0.05) is 12.2 Å². The van der Waals surface area contributed by atoms with E-state index >= 15 is 0 Å². The van der Waals surface area contributed by atoms with E-state index in [1.54, 1.807) is 121 Å². The molecule has 500 valence electrons. The van der Waals surface area contributed by atoms with Crippen LogP contribution in [0.5, 0.6) is 34.5 Å². The third-order valence-electron chi connectivity index (χ3n) is 12.9. The monoisotopic (exact) mass is 1300 g/mol. The number of rotatable bonds is 34. The zero-order valence-electron chi connectivity index (χ0n) is 53.3. The Morgan fingerprint density at radius 1 is 0.351 bits per heavy atom. The Bertz CT molecular complexity index is 3300. The predicted octanol–water partition coefficient (Wildman–Crippen LogP) is 11.4. The van der Waals surface area contributed by atoms with Crippen LogP contribution in [0, 0.1) is 13.8 Å². The molecule has 0 amide bonds. The molecule has 6 aromatic rings. The van der Waals surface area contributed by atoms with Gasteiger partial charge < -0.3 is 66.3 Å². The number of epoxide rings is 2. The van der Waals surface area contributed by atoms with Gasteiger partial charge in [-0.2, -0.15) is 0 Å². The zero-order valence-corrected chi connectivity index (χ0v) is 53.3. The van der Waals surface area contributed by atoms with Crippen LogP contribution in [0.25, 0.3) is 0 Å². The summed E-state index contributed by atoms with van der Waals surface area (Å²) in [5.74, 6) is 0.761. The molecule has 6 aromatic carbocycles. The molecule has 0 N–H and O–H groups in total. The van der Waals surface area contributed by atoms with Gasteiger partial charge in [0.2, 0.25) is 0 Å². The van der Waals surface area contributed by atoms with E-state index in [1.165, 1.54) is 14.2 Å². The van der Waals surface area contributed by atoms with E-state index in [4.69, 9.17) is 56.8 Å². The van der Waals surface area contributed by atoms with Crippen molar-refractivity contribution >= 4 is 47.8 Å². The van der Waals surface area contributed by atoms with Gasteiger partial charge in [0.05, 0.1) is 103 Å². The highest BCUT2D eigenvalue weighted by atomic mass is 16.6. The minimum absolute atomic E-state index is 0.283. The van der Waals surface area contributed by atoms with E-state index in [0.717, 1.165) is 68.2 Å². The lowest BCUT2D eigenvalue weighted by molar-refractivity contribution is -0.146. The van der Waals surface area contributed by atoms with Crippen molar-refractivity contribution in [3.8, 4) is 34.5 Å². The molecule has 0 radical (unpaired) electrons. The number of methoxy groups -OCH3 is 2. The number of benzene rings is 6. The van der Waals surface area contributed by atoms with Gasteiger partial charge >= 0.3 is 47.8 Å². The van der Waals surface area contributed by atoms with Crippen LogP contribution in [0.4, 0.5) is 0 Å². The molecule has 2 saturated heterocycles. The highest BCUT2D eigenvalue weighted by Gasteiger charge is 2.33. The second-order valence-electron chi connectivity index (χ2n) is 20.4. The van der Waals surface area contributed by atoms with Crippen molar-refractivity contribution in [2.45, 2.75) is 77.4 Å². The molecule has 22 nitrogen and oxygen atoms in total. The fourth-order valence-electron chi connectivity index (χ4n) is 7.47. The number of unbranched alkanes of at least 4 members (excludes halogenated alkanes) is 4. The van der Waals surface area contributed by atoms with Crippen LogP contribution in [-0.2, 0) is 57.1 Å². The number of carbonyl (C=O) groups is 8. The first-order valence-electron chi connectivity index (χ1n) is 30.4. The number of hydrogen-bond donors (Lipinski definition) is 0. The second-order valence-corrected chi connectivity index (χ2v) is 20.4. The van der Waals surface area contributed by atoms with E-state index in [-0.39, 0.29) is 36.1 Å². The Morgan fingerprint density at radius 3 is 0.830 bits per heavy atom. The number of esters is 8. The van der Waals surface area contributed by atoms with Gasteiger partial charge in [0.15, 0.2) is 12.2 Å². The predicted molar refractivity (Wildman–Crippen MR) is 343 cm³/mol. The number of ether oxygens (including phenoxy) is 14. The van der Waals surface area contributed by atoms with Gasteiger partial charge in [0.1, 0.15) is 34.5 Å². The van der Waals surface area contributed by atoms with Crippen molar-refractivity contribution < 1.29 is 105 Å². The Kier molecular flexibility index (Phi) is 33.8. The lowest BCUT2D eigenvalue weighted by atomic mass is 10.2. The summed E-state index contributed by atoms with van der Waals surface area (Å²) in [4.78, 5) is 90.8. The molecular weight excluding hydrogens is 1220 g/mol. The Morgan fingerprint density at radius 2 is 0.585 bits per heavy atom. The van der Waals surface area contributed by atoms with Gasteiger partial charge in [-0.3, -0.25) is 0 Å². The van der Waals surface area contributed by atoms with E-state index in [0.29, 0.717) is 129 Å². The van der Waals surface area contributed by atoms with Crippen molar-refractivity contribution in [1.82, 2.24) is 0 Å². The average Bonchev–Trinajstić information content (AvgIpc) is 2.34. The molecule has 0 aliphatic carbocycles. The largest absolute Gasteiger partial charge is 0.494 e. The molecule has 0 saturated carbocycles. The summed E-state index contributed by atoms with van der Waals surface area (Å²) in [6.45, 7) is 15.0. The summed E-state index contributed by atoms with van der Waals surface area (Å²) >= 11 is 0. The average molecular weight is 1300 g/mol. The van der Waals surface area contributed by atoms with Crippen molar-refractivity contribution in [2.24, 2.45) is 0 Å². The fraction of sp³-hybridized carbons (Fsp3) is 0.333. The molecule has 2 aliphatic heterocycles. The Balaban J connectivity index is 0.000000229. The van der Waals surface area contributed by atoms with Crippen LogP contribution in [0.3, 0.4) is 0 Å². The van der Waals surface area contributed by atoms with Crippen LogP contribution in [0.1, 0.15) is 104 Å². The summed E-state index contributed by atoms with van der Waals surface area (Å²) in [5.41, 5.74) is 4.08. The van der Waals surface area contributed by atoms with Crippen LogP contribution in [0.15, 0.2) is 171 Å². The number of carbonyl (C=O) groups excluding carboxylic acids is 8. The van der Waals surface area contributed by atoms with Gasteiger partial charge in [-0.1, -0.05) is 48.6 Å². The standard InChI is InChI=1S/C21H22O6.C21H22O5.C15H18O6.C15H18O5/c1-15-4-8-18(9-5-15)27-20(22)16-6-10-17(11-7-16)24-12-2-3-13-25-21(23)19-14-26-19;1-3-20(22)25-15-5-4-14-24-18-12-8-17(9-13-18)21(23)26-19-10-6-16(2)7-11-19;1-18-14(16)11-4-6-12(7-5-11)19-8-2-3-9-20-15(17)13-10-21-13;1-3-14(16)20-11-5-4-10-19-13-8-6-12(7-9-13)15(17)18-2/h4-11,19H,2-3,12-14H2,1H3;3,6-13H,1,4-5,14-15H2,2H3;4-7,13H,2-3,8-10H2,1H3;3,6-9H,1,4-5,10-11H2,2H3. The minimum Gasteiger partial charge on any atom is -0.494 e. The van der Waals surface area contributed by atoms with Gasteiger partial charge in [-0.05, 0) is 187 Å². The molecule has 2 aliphatic rings. The highest BCUT2D eigenvalue weighted by molar-refractivity contribution is 5.92. The SMILES string of the molecule is C=CC(=O)OCCCCOc1ccc(C(=O)OC)cc1.C=CC(=O)OCCCCOc1ccc(C(=O)Oc2ccc(C)cc2)cc1.COC(=O)c1ccc(OCCCCOC(=O)C2CO2)cc1.Cc1ccc(OC(=O)c2ccc(OCCCCOC(=O)C3CO3)cc2)cc1. The zero-order chi connectivity index (χ0) is 67.7. The molecular formula is C72H80O22. The Labute approximate surface area is 546 Å². The van der Waals surface area contributed by atoms with Gasteiger partial charge in [-0.25, -0.2) is 38.4 Å². The van der Waals surface area contributed by atoms with Crippen molar-refractivity contribution in [1.29, 1.82) is 0 Å². The van der Waals surface area contributed by atoms with Gasteiger partial charge in [0.25, 0.3) is 0 Å². The van der Waals surface area contributed by atoms with Gasteiger partial charge in [-0.15, -0.1) is 0 Å². The third-order valence-corrected chi connectivity index (χ3v) is 12.9. The summed E-state index contributed by atoms with van der Waals surface area (Å²) in [6.07, 6.45) is 7.53. The van der Waals surface area contributed by atoms with Crippen LogP contribution in [0.2, 0.25) is 0 Å². The summed E-state index contributed by atoms with van der Waals surface area (Å²) < 4.78 is 71.5. The van der Waals surface area contributed by atoms with E-state index in [1.807, 2.05) is 38.1 Å². The number of aryl methyl sites for hydroxylation is 2. The molecule has 8 rings (SSSR count). The van der Waals surface area contributed by atoms with E-state index < -0.39 is 23.9 Å². The lowest BCUT2D eigenvalue weighted by Gasteiger charge is -2.08. The molecule has 2 atom stereocenters. The van der Waals surface area contributed by atoms with Crippen molar-refractivity contribution in [2.75, 3.05) is 80.3 Å². The Hall–Kier alpha value is -10.3. The van der Waals surface area contributed by atoms with Crippen molar-refractivity contribution in [3.05, 3.63) is 204 Å². The normalized spacial score (nSPS) is 12.8. The van der Waals surface area contributed by atoms with Crippen LogP contribution >= 0.6 is 0 Å². The third kappa shape index (κ3) is 30.7. The van der Waals surface area contributed by atoms with Crippen molar-refractivity contribution in [3.63, 3.8) is 0 Å². The minimum atomic E-state index is -0.418. The number of hydrogen-bond acceptors (Lipinski definition) is 22. The molecule has 22 heteroatoms. The first-order valence-corrected chi connectivity index (χ1v) is 30.4. The summed E-state index contributed by atoms with van der Waals surface area (Å²) in [5, 5.41) is 0. The molecule has 2 unspecified atom stereocenters. The molecule has 2 heterocycles. The summed E-state index contributed by atoms with van der Waals surface area (Å²) in [6, 6.07) is 41.6. The summed E-state index contributed by atoms with van der Waals surface area (Å²) in [7, 11) is 2.68. The maximum absolute atomic E-state index is 12.1. The van der Waals surface area contributed by atoms with Crippen LogP contribution < -0.4 is 28.4 Å². The maximum atomic E-state index is 12.1. The van der Waals surface area contributed by atoms with Crippen LogP contribution in [-0.4, -0.2) is 140 Å². The van der Waals surface area contributed by atoms with E-state index in [2.05, 4.69) is 22.6 Å². The molecule has 0 bridgehead atoms. The molecule has 94 heavy (non-hydrogen) atoms. The maximum Gasteiger partial charge on any atom is 0.343 e. The first-order chi connectivity index (χ1) is 45.6. The molecule has 0 spiro atoms. The lowest BCUT2D eigenvalue weighted by Crippen LogP contribution is -2.12. The molecule has 2 fully saturated rings. The van der Waals surface area contributed by atoms with E-state index in [9.17, 15) is 38.4 Å².